The van der Waals surface area contributed by atoms with Gasteiger partial charge in [-0.2, -0.15) is 0 Å². The van der Waals surface area contributed by atoms with Crippen LogP contribution in [0.3, 0.4) is 0 Å². The van der Waals surface area contributed by atoms with Crippen molar-refractivity contribution in [3.05, 3.63) is 75.4 Å². The maximum Gasteiger partial charge on any atom is 0.238 e. The molecule has 1 aliphatic heterocycles. The second-order valence-electron chi connectivity index (χ2n) is 14.5. The number of ether oxygens (including phenoxy) is 1. The summed E-state index contributed by atoms with van der Waals surface area (Å²) in [6.45, 7) is 4.03. The molecule has 3 unspecified atom stereocenters. The highest BCUT2D eigenvalue weighted by molar-refractivity contribution is 8.77. The van der Waals surface area contributed by atoms with Crippen molar-refractivity contribution in [1.82, 2.24) is 0 Å². The molecule has 3 atom stereocenters. The lowest BCUT2D eigenvalue weighted by molar-refractivity contribution is 0.0118. The number of aromatic hydroxyl groups is 4. The zero-order chi connectivity index (χ0) is 36.3. The Bertz CT molecular complexity index is 1900. The van der Waals surface area contributed by atoms with Crippen molar-refractivity contribution in [2.75, 3.05) is 5.75 Å². The Hall–Kier alpha value is -3.51. The number of fused-ring (bicyclic) bond motifs is 1. The van der Waals surface area contributed by atoms with Crippen LogP contribution in [0.25, 0.3) is 22.3 Å². The van der Waals surface area contributed by atoms with Gasteiger partial charge < -0.3 is 39.8 Å². The molecule has 0 bridgehead atoms. The van der Waals surface area contributed by atoms with E-state index < -0.39 is 29.5 Å². The predicted molar refractivity (Wildman–Crippen MR) is 203 cm³/mol. The summed E-state index contributed by atoms with van der Waals surface area (Å²) in [5, 5.41) is 66.2. The van der Waals surface area contributed by atoms with Gasteiger partial charge >= 0.3 is 0 Å². The Kier molecular flexibility index (Phi) is 11.7. The molecule has 1 aliphatic carbocycles. The summed E-state index contributed by atoms with van der Waals surface area (Å²) in [6, 6.07) is 12.6. The SMILES string of the molecule is CC(C)Cc1cc(-c2oc3cc(O)cc(OC4CCC(O)C5(CCCCC5)SSCCCC4O)c3c(=O)c2O)cc(Cc2cccc(O)c2)c1O. The molecule has 51 heavy (non-hydrogen) atoms. The maximum absolute atomic E-state index is 14.0. The summed E-state index contributed by atoms with van der Waals surface area (Å²) < 4.78 is 12.3. The van der Waals surface area contributed by atoms with Gasteiger partial charge in [-0.3, -0.25) is 4.79 Å². The molecule has 6 rings (SSSR count). The van der Waals surface area contributed by atoms with Gasteiger partial charge in [-0.15, -0.1) is 0 Å². The first-order valence-corrected chi connectivity index (χ1v) is 20.2. The van der Waals surface area contributed by atoms with E-state index in [4.69, 9.17) is 9.15 Å². The molecule has 6 N–H and O–H groups in total. The Labute approximate surface area is 306 Å². The van der Waals surface area contributed by atoms with E-state index in [1.165, 1.54) is 12.1 Å². The third-order valence-corrected chi connectivity index (χ3v) is 13.5. The summed E-state index contributed by atoms with van der Waals surface area (Å²) >= 11 is 0. The molecule has 2 fully saturated rings. The maximum atomic E-state index is 14.0. The first kappa shape index (κ1) is 37.3. The number of aliphatic hydroxyl groups is 2. The van der Waals surface area contributed by atoms with Crippen molar-refractivity contribution in [2.24, 2.45) is 5.92 Å². The Morgan fingerprint density at radius 2 is 1.65 bits per heavy atom. The van der Waals surface area contributed by atoms with Crippen LogP contribution in [0.2, 0.25) is 0 Å². The minimum atomic E-state index is -0.887. The summed E-state index contributed by atoms with van der Waals surface area (Å²) in [4.78, 5) is 14.0. The van der Waals surface area contributed by atoms with Crippen LogP contribution in [-0.4, -0.2) is 59.5 Å². The molecular formula is C40H48O9S2. The third-order valence-electron chi connectivity index (χ3n) is 10.1. The van der Waals surface area contributed by atoms with E-state index in [-0.39, 0.29) is 56.8 Å². The number of aliphatic hydroxyl groups excluding tert-OH is 2. The van der Waals surface area contributed by atoms with Crippen LogP contribution in [0.5, 0.6) is 28.7 Å². The van der Waals surface area contributed by atoms with Crippen molar-refractivity contribution in [3.8, 4) is 40.1 Å². The van der Waals surface area contributed by atoms with Crippen molar-refractivity contribution >= 4 is 32.6 Å². The van der Waals surface area contributed by atoms with E-state index in [1.54, 1.807) is 51.9 Å². The largest absolute Gasteiger partial charge is 0.508 e. The van der Waals surface area contributed by atoms with Crippen LogP contribution >= 0.6 is 21.6 Å². The van der Waals surface area contributed by atoms with Crippen molar-refractivity contribution in [1.29, 1.82) is 0 Å². The lowest BCUT2D eigenvalue weighted by Gasteiger charge is -2.40. The minimum Gasteiger partial charge on any atom is -0.508 e. The second kappa shape index (κ2) is 16.0. The van der Waals surface area contributed by atoms with Gasteiger partial charge in [0, 0.05) is 29.9 Å². The average molecular weight is 737 g/mol. The number of hydrogen-bond acceptors (Lipinski definition) is 11. The van der Waals surface area contributed by atoms with Crippen molar-refractivity contribution < 1.29 is 39.8 Å². The van der Waals surface area contributed by atoms with Gasteiger partial charge in [0.05, 0.1) is 17.0 Å². The summed E-state index contributed by atoms with van der Waals surface area (Å²) in [6.07, 6.45) is 5.67. The first-order valence-electron chi connectivity index (χ1n) is 17.9. The molecule has 3 aromatic carbocycles. The molecule has 1 saturated carbocycles. The molecule has 2 aliphatic rings. The monoisotopic (exact) mass is 736 g/mol. The van der Waals surface area contributed by atoms with E-state index >= 15 is 0 Å². The van der Waals surface area contributed by atoms with E-state index in [2.05, 4.69) is 0 Å². The van der Waals surface area contributed by atoms with Gasteiger partial charge in [-0.1, -0.05) is 66.8 Å². The standard InChI is InChI=1S/C40H48O9S2/c1-23(2)16-25-19-27(20-26(36(25)45)17-24-8-6-9-28(41)18-24)39-38(47)37(46)35-32(21-29(42)22-33(35)49-39)48-31-11-12-34(44)40(13-4-3-5-14-40)51-50-15-7-10-30(31)43/h6,8-9,18-23,30-31,34,41-45,47H,3-5,7,10-17H2,1-2H3. The molecule has 1 saturated heterocycles. The molecule has 11 heteroatoms. The number of phenolic OH excluding ortho intramolecular Hbond substituents is 3. The highest BCUT2D eigenvalue weighted by Crippen LogP contribution is 2.50. The highest BCUT2D eigenvalue weighted by Gasteiger charge is 2.41. The van der Waals surface area contributed by atoms with Crippen LogP contribution in [0.4, 0.5) is 0 Å². The van der Waals surface area contributed by atoms with Crippen LogP contribution < -0.4 is 10.2 Å². The Morgan fingerprint density at radius 1 is 0.882 bits per heavy atom. The average Bonchev–Trinajstić information content (AvgIpc) is 3.11. The second-order valence-corrected chi connectivity index (χ2v) is 17.3. The Morgan fingerprint density at radius 3 is 2.39 bits per heavy atom. The number of benzene rings is 3. The molecule has 0 amide bonds. The minimum absolute atomic E-state index is 0.0176. The number of rotatable bonds is 7. The Balaban J connectivity index is 1.37. The summed E-state index contributed by atoms with van der Waals surface area (Å²) in [7, 11) is 3.54. The van der Waals surface area contributed by atoms with Gasteiger partial charge in [0.25, 0.3) is 0 Å². The molecule has 4 aromatic rings. The van der Waals surface area contributed by atoms with Gasteiger partial charge in [-0.05, 0) is 91.8 Å². The smallest absolute Gasteiger partial charge is 0.238 e. The predicted octanol–water partition coefficient (Wildman–Crippen LogP) is 8.20. The fourth-order valence-corrected chi connectivity index (χ4v) is 10.9. The fourth-order valence-electron chi connectivity index (χ4n) is 7.45. The molecule has 274 valence electrons. The molecular weight excluding hydrogens is 689 g/mol. The molecule has 0 radical (unpaired) electrons. The quantitative estimate of drug-likeness (QED) is 0.102. The number of hydrogen-bond donors (Lipinski definition) is 6. The van der Waals surface area contributed by atoms with E-state index in [9.17, 15) is 35.4 Å². The van der Waals surface area contributed by atoms with Gasteiger partial charge in [0.2, 0.25) is 11.2 Å². The third kappa shape index (κ3) is 8.43. The first-order chi connectivity index (χ1) is 24.4. The van der Waals surface area contributed by atoms with Gasteiger partial charge in [0.15, 0.2) is 5.76 Å². The van der Waals surface area contributed by atoms with Crippen molar-refractivity contribution in [2.45, 2.75) is 108 Å². The van der Waals surface area contributed by atoms with Gasteiger partial charge in [0.1, 0.15) is 40.1 Å². The topological polar surface area (TPSA) is 161 Å². The fraction of sp³-hybridized carbons (Fsp3) is 0.475. The summed E-state index contributed by atoms with van der Waals surface area (Å²) in [5.41, 5.74) is 1.46. The molecule has 9 nitrogen and oxygen atoms in total. The summed E-state index contributed by atoms with van der Waals surface area (Å²) in [5.74, 6) is 0.146. The lowest BCUT2D eigenvalue weighted by atomic mass is 9.82. The van der Waals surface area contributed by atoms with E-state index in [0.717, 1.165) is 49.8 Å². The van der Waals surface area contributed by atoms with E-state index in [0.29, 0.717) is 42.4 Å². The van der Waals surface area contributed by atoms with Crippen molar-refractivity contribution in [3.63, 3.8) is 0 Å². The van der Waals surface area contributed by atoms with E-state index in [1.807, 2.05) is 19.9 Å². The number of phenols is 3. The van der Waals surface area contributed by atoms with Gasteiger partial charge in [-0.25, -0.2) is 0 Å². The van der Waals surface area contributed by atoms with Crippen LogP contribution in [0.15, 0.2) is 57.7 Å². The molecule has 2 heterocycles. The van der Waals surface area contributed by atoms with Crippen LogP contribution in [-0.2, 0) is 12.8 Å². The lowest BCUT2D eigenvalue weighted by Crippen LogP contribution is -2.42. The molecule has 1 spiro atoms. The molecule has 1 aromatic heterocycles. The zero-order valence-electron chi connectivity index (χ0n) is 29.1. The highest BCUT2D eigenvalue weighted by atomic mass is 33.1. The zero-order valence-corrected chi connectivity index (χ0v) is 30.8. The van der Waals surface area contributed by atoms with Crippen LogP contribution in [0, 0.1) is 5.92 Å². The normalized spacial score (nSPS) is 21.5. The van der Waals surface area contributed by atoms with Crippen LogP contribution in [0.1, 0.15) is 88.3 Å².